The Kier molecular flexibility index (Phi) is 5.27. The number of nitrogens with one attached hydrogen (secondary N) is 1. The molecule has 1 aliphatic rings. The standard InChI is InChI=1S/C20H21FN6O4/c1-20(2)11-31-8-7-26-18(30)16(28)15(24-19(20)26)17(29)22-10-12-3-4-13(21)9-14(12)27-6-5-23-25-27/h3-6,9,28H,7-8,10-11H2,1-2H3,(H,22,29). The molecule has 0 bridgehead atoms. The molecule has 0 fully saturated rings. The molecule has 0 atom stereocenters. The van der Waals surface area contributed by atoms with Gasteiger partial charge in [0.15, 0.2) is 5.69 Å². The largest absolute Gasteiger partial charge is 0.501 e. The van der Waals surface area contributed by atoms with E-state index in [1.807, 2.05) is 13.8 Å². The molecule has 1 amide bonds. The number of ether oxygens (including phenoxy) is 1. The molecule has 0 unspecified atom stereocenters. The minimum atomic E-state index is -0.729. The summed E-state index contributed by atoms with van der Waals surface area (Å²) in [6, 6.07) is 4.03. The van der Waals surface area contributed by atoms with Gasteiger partial charge in [-0.15, -0.1) is 5.10 Å². The number of halogens is 1. The highest BCUT2D eigenvalue weighted by molar-refractivity contribution is 5.94. The van der Waals surface area contributed by atoms with Gasteiger partial charge < -0.3 is 15.2 Å². The highest BCUT2D eigenvalue weighted by Crippen LogP contribution is 2.25. The molecule has 0 aliphatic carbocycles. The molecule has 0 saturated heterocycles. The van der Waals surface area contributed by atoms with Crippen molar-refractivity contribution in [3.8, 4) is 11.4 Å². The summed E-state index contributed by atoms with van der Waals surface area (Å²) in [6.45, 7) is 4.54. The number of nitrogens with zero attached hydrogens (tertiary/aromatic N) is 5. The van der Waals surface area contributed by atoms with Crippen molar-refractivity contribution in [3.63, 3.8) is 0 Å². The normalized spacial score (nSPS) is 15.2. The van der Waals surface area contributed by atoms with Gasteiger partial charge in [-0.3, -0.25) is 14.2 Å². The maximum atomic E-state index is 13.7. The van der Waals surface area contributed by atoms with Gasteiger partial charge in [-0.25, -0.2) is 14.1 Å². The lowest BCUT2D eigenvalue weighted by molar-refractivity contribution is 0.0939. The molecule has 4 rings (SSSR count). The molecule has 11 heteroatoms. The zero-order valence-corrected chi connectivity index (χ0v) is 17.0. The summed E-state index contributed by atoms with van der Waals surface area (Å²) in [7, 11) is 0. The fourth-order valence-electron chi connectivity index (χ4n) is 3.47. The summed E-state index contributed by atoms with van der Waals surface area (Å²) < 4.78 is 22.0. The monoisotopic (exact) mass is 428 g/mol. The van der Waals surface area contributed by atoms with E-state index in [4.69, 9.17) is 4.74 Å². The number of hydrogen-bond acceptors (Lipinski definition) is 7. The van der Waals surface area contributed by atoms with E-state index in [9.17, 15) is 19.1 Å². The molecular formula is C20H21FN6O4. The number of carbonyl (C=O) groups excluding carboxylic acids is 1. The van der Waals surface area contributed by atoms with Gasteiger partial charge in [0.1, 0.15) is 11.6 Å². The van der Waals surface area contributed by atoms with Crippen LogP contribution in [0.5, 0.6) is 5.75 Å². The van der Waals surface area contributed by atoms with Gasteiger partial charge in [-0.1, -0.05) is 25.1 Å². The van der Waals surface area contributed by atoms with Crippen molar-refractivity contribution in [2.24, 2.45) is 0 Å². The Hall–Kier alpha value is -3.60. The fourth-order valence-corrected chi connectivity index (χ4v) is 3.47. The highest BCUT2D eigenvalue weighted by atomic mass is 19.1. The second-order valence-corrected chi connectivity index (χ2v) is 7.83. The summed E-state index contributed by atoms with van der Waals surface area (Å²) in [6.07, 6.45) is 2.99. The van der Waals surface area contributed by atoms with Crippen LogP contribution in [0.15, 0.2) is 35.4 Å². The number of benzene rings is 1. The Morgan fingerprint density at radius 3 is 2.94 bits per heavy atom. The maximum absolute atomic E-state index is 13.7. The Morgan fingerprint density at radius 2 is 2.19 bits per heavy atom. The number of aromatic hydroxyl groups is 1. The number of amides is 1. The van der Waals surface area contributed by atoms with Crippen LogP contribution in [0.3, 0.4) is 0 Å². The summed E-state index contributed by atoms with van der Waals surface area (Å²) in [4.78, 5) is 29.8. The predicted molar refractivity (Wildman–Crippen MR) is 106 cm³/mol. The van der Waals surface area contributed by atoms with Gasteiger partial charge in [0, 0.05) is 12.0 Å². The summed E-state index contributed by atoms with van der Waals surface area (Å²) in [5, 5.41) is 20.5. The van der Waals surface area contributed by atoms with E-state index in [0.717, 1.165) is 0 Å². The molecule has 3 heterocycles. The molecule has 0 radical (unpaired) electrons. The molecule has 3 aromatic rings. The quantitative estimate of drug-likeness (QED) is 0.633. The first-order valence-corrected chi connectivity index (χ1v) is 9.63. The van der Waals surface area contributed by atoms with E-state index in [0.29, 0.717) is 30.3 Å². The number of hydrogen-bond donors (Lipinski definition) is 2. The van der Waals surface area contributed by atoms with Crippen LogP contribution in [0.25, 0.3) is 5.69 Å². The highest BCUT2D eigenvalue weighted by Gasteiger charge is 2.32. The third-order valence-electron chi connectivity index (χ3n) is 5.04. The average molecular weight is 428 g/mol. The molecule has 31 heavy (non-hydrogen) atoms. The van der Waals surface area contributed by atoms with E-state index in [1.165, 1.54) is 33.6 Å². The van der Waals surface area contributed by atoms with Crippen molar-refractivity contribution in [1.29, 1.82) is 0 Å². The first-order chi connectivity index (χ1) is 14.8. The van der Waals surface area contributed by atoms with Crippen LogP contribution in [0.1, 0.15) is 35.7 Å². The van der Waals surface area contributed by atoms with E-state index in [2.05, 4.69) is 20.6 Å². The summed E-state index contributed by atoms with van der Waals surface area (Å²) in [5.74, 6) is -1.56. The van der Waals surface area contributed by atoms with E-state index in [1.54, 1.807) is 6.20 Å². The molecule has 0 spiro atoms. The first-order valence-electron chi connectivity index (χ1n) is 9.63. The van der Waals surface area contributed by atoms with Crippen molar-refractivity contribution in [2.75, 3.05) is 13.2 Å². The molecule has 2 N–H and O–H groups in total. The third-order valence-corrected chi connectivity index (χ3v) is 5.04. The minimum absolute atomic E-state index is 0.0135. The fraction of sp³-hybridized carbons (Fsp3) is 0.350. The molecule has 2 aromatic heterocycles. The smallest absolute Gasteiger partial charge is 0.296 e. The van der Waals surface area contributed by atoms with Gasteiger partial charge >= 0.3 is 0 Å². The number of aromatic nitrogens is 5. The minimum Gasteiger partial charge on any atom is -0.501 e. The SMILES string of the molecule is CC1(C)COCCn2c1nc(C(=O)NCc1ccc(F)cc1-n1ccnn1)c(O)c2=O. The lowest BCUT2D eigenvalue weighted by Crippen LogP contribution is -2.36. The average Bonchev–Trinajstić information content (AvgIpc) is 3.22. The van der Waals surface area contributed by atoms with Gasteiger partial charge in [0.05, 0.1) is 37.8 Å². The van der Waals surface area contributed by atoms with Crippen LogP contribution in [0, 0.1) is 5.82 Å². The van der Waals surface area contributed by atoms with Gasteiger partial charge in [-0.05, 0) is 17.7 Å². The molecule has 162 valence electrons. The van der Waals surface area contributed by atoms with E-state index >= 15 is 0 Å². The Balaban J connectivity index is 1.65. The molecule has 0 saturated carbocycles. The predicted octanol–water partition coefficient (Wildman–Crippen LogP) is 0.906. The lowest BCUT2D eigenvalue weighted by atomic mass is 9.93. The summed E-state index contributed by atoms with van der Waals surface area (Å²) >= 11 is 0. The number of carbonyl (C=O) groups is 1. The molecule has 1 aliphatic heterocycles. The van der Waals surface area contributed by atoms with Crippen molar-refractivity contribution < 1.29 is 19.0 Å². The van der Waals surface area contributed by atoms with Crippen molar-refractivity contribution in [2.45, 2.75) is 32.4 Å². The second-order valence-electron chi connectivity index (χ2n) is 7.83. The van der Waals surface area contributed by atoms with E-state index < -0.39 is 28.4 Å². The lowest BCUT2D eigenvalue weighted by Gasteiger charge is -2.24. The third kappa shape index (κ3) is 3.91. The van der Waals surface area contributed by atoms with Gasteiger partial charge in [-0.2, -0.15) is 0 Å². The van der Waals surface area contributed by atoms with Crippen LogP contribution < -0.4 is 10.9 Å². The van der Waals surface area contributed by atoms with Gasteiger partial charge in [0.25, 0.3) is 11.5 Å². The van der Waals surface area contributed by atoms with Crippen LogP contribution in [0.2, 0.25) is 0 Å². The Bertz CT molecular complexity index is 1190. The van der Waals surface area contributed by atoms with Crippen LogP contribution in [-0.2, 0) is 23.2 Å². The second kappa shape index (κ2) is 7.91. The molecule has 10 nitrogen and oxygen atoms in total. The Morgan fingerprint density at radius 1 is 1.39 bits per heavy atom. The van der Waals surface area contributed by atoms with Crippen LogP contribution in [-0.4, -0.2) is 48.8 Å². The number of rotatable bonds is 4. The van der Waals surface area contributed by atoms with Crippen molar-refractivity contribution >= 4 is 5.91 Å². The van der Waals surface area contributed by atoms with Crippen molar-refractivity contribution in [1.82, 2.24) is 29.9 Å². The molecule has 1 aromatic carbocycles. The maximum Gasteiger partial charge on any atom is 0.296 e. The van der Waals surface area contributed by atoms with Crippen LogP contribution in [0.4, 0.5) is 4.39 Å². The van der Waals surface area contributed by atoms with Crippen molar-refractivity contribution in [3.05, 3.63) is 63.8 Å². The zero-order valence-electron chi connectivity index (χ0n) is 17.0. The van der Waals surface area contributed by atoms with Gasteiger partial charge in [0.2, 0.25) is 5.75 Å². The summed E-state index contributed by atoms with van der Waals surface area (Å²) in [5.41, 5.74) is -0.736. The van der Waals surface area contributed by atoms with E-state index in [-0.39, 0.29) is 18.8 Å². The number of fused-ring (bicyclic) bond motifs is 1. The Labute approximate surface area is 176 Å². The zero-order chi connectivity index (χ0) is 22.2. The molecular weight excluding hydrogens is 407 g/mol. The topological polar surface area (TPSA) is 124 Å². The first kappa shape index (κ1) is 20.7. The van der Waals surface area contributed by atoms with Crippen LogP contribution >= 0.6 is 0 Å².